The van der Waals surface area contributed by atoms with E-state index >= 15 is 0 Å². The molecule has 0 atom stereocenters. The van der Waals surface area contributed by atoms with Crippen LogP contribution in [0.4, 0.5) is 0 Å². The predicted molar refractivity (Wildman–Crippen MR) is 114 cm³/mol. The van der Waals surface area contributed by atoms with Gasteiger partial charge in [0.25, 0.3) is 5.91 Å². The van der Waals surface area contributed by atoms with Gasteiger partial charge in [0.2, 0.25) is 0 Å². The van der Waals surface area contributed by atoms with Crippen molar-refractivity contribution in [3.8, 4) is 0 Å². The number of piperazine rings is 1. The lowest BCUT2D eigenvalue weighted by Crippen LogP contribution is -2.49. The first-order valence-corrected chi connectivity index (χ1v) is 9.88. The molecule has 0 bridgehead atoms. The van der Waals surface area contributed by atoms with Crippen LogP contribution < -0.4 is 5.63 Å². The van der Waals surface area contributed by atoms with Gasteiger partial charge >= 0.3 is 5.63 Å². The molecule has 0 radical (unpaired) electrons. The number of amides is 1. The zero-order chi connectivity index (χ0) is 20.2. The van der Waals surface area contributed by atoms with E-state index in [1.54, 1.807) is 17.0 Å². The monoisotopic (exact) mass is 388 g/mol. The number of benzene rings is 2. The first kappa shape index (κ1) is 19.2. The molecule has 5 heteroatoms. The van der Waals surface area contributed by atoms with Gasteiger partial charge < -0.3 is 9.32 Å². The standard InChI is InChI=1S/C24H24N2O3/c1-2-7-19-10-6-11-20-16-21(24(28)29-22(19)20)23(27)26-14-12-25(13-15-26)17-18-8-4-3-5-9-18/h2-6,8-11,16H,1,7,12-15,17H2. The van der Waals surface area contributed by atoms with Gasteiger partial charge in [0.1, 0.15) is 11.1 Å². The average Bonchev–Trinajstić information content (AvgIpc) is 2.75. The highest BCUT2D eigenvalue weighted by Gasteiger charge is 2.25. The summed E-state index contributed by atoms with van der Waals surface area (Å²) in [6.07, 6.45) is 2.37. The number of nitrogens with zero attached hydrogens (tertiary/aromatic N) is 2. The molecule has 0 aliphatic carbocycles. The summed E-state index contributed by atoms with van der Waals surface area (Å²) in [7, 11) is 0. The largest absolute Gasteiger partial charge is 0.422 e. The minimum absolute atomic E-state index is 0.102. The molecule has 1 aliphatic heterocycles. The lowest BCUT2D eigenvalue weighted by atomic mass is 10.1. The summed E-state index contributed by atoms with van der Waals surface area (Å²) < 4.78 is 5.53. The van der Waals surface area contributed by atoms with Gasteiger partial charge in [-0.05, 0) is 23.6 Å². The van der Waals surface area contributed by atoms with Crippen molar-refractivity contribution in [3.63, 3.8) is 0 Å². The molecule has 2 heterocycles. The van der Waals surface area contributed by atoms with Crippen LogP contribution in [0, 0.1) is 0 Å². The molecule has 29 heavy (non-hydrogen) atoms. The summed E-state index contributed by atoms with van der Waals surface area (Å²) >= 11 is 0. The summed E-state index contributed by atoms with van der Waals surface area (Å²) in [5, 5.41) is 0.759. The molecule has 0 spiro atoms. The molecular weight excluding hydrogens is 364 g/mol. The second-order valence-corrected chi connectivity index (χ2v) is 7.33. The van der Waals surface area contributed by atoms with E-state index in [9.17, 15) is 9.59 Å². The van der Waals surface area contributed by atoms with Crippen molar-refractivity contribution < 1.29 is 9.21 Å². The zero-order valence-electron chi connectivity index (χ0n) is 16.3. The fraction of sp³-hybridized carbons (Fsp3) is 0.250. The summed E-state index contributed by atoms with van der Waals surface area (Å²) in [6, 6.07) is 17.6. The van der Waals surface area contributed by atoms with E-state index in [-0.39, 0.29) is 11.5 Å². The van der Waals surface area contributed by atoms with Gasteiger partial charge in [-0.15, -0.1) is 6.58 Å². The van der Waals surface area contributed by atoms with Gasteiger partial charge in [0.05, 0.1) is 0 Å². The van der Waals surface area contributed by atoms with Crippen molar-refractivity contribution in [2.45, 2.75) is 13.0 Å². The van der Waals surface area contributed by atoms with Crippen molar-refractivity contribution in [1.82, 2.24) is 9.80 Å². The van der Waals surface area contributed by atoms with E-state index in [1.165, 1.54) is 5.56 Å². The number of carbonyl (C=O) groups is 1. The minimum Gasteiger partial charge on any atom is -0.422 e. The van der Waals surface area contributed by atoms with Gasteiger partial charge in [-0.3, -0.25) is 9.69 Å². The highest BCUT2D eigenvalue weighted by Crippen LogP contribution is 2.20. The number of rotatable bonds is 5. The van der Waals surface area contributed by atoms with Gasteiger partial charge in [0.15, 0.2) is 0 Å². The molecule has 1 amide bonds. The van der Waals surface area contributed by atoms with Crippen molar-refractivity contribution in [2.75, 3.05) is 26.2 Å². The molecule has 4 rings (SSSR count). The number of carbonyl (C=O) groups excluding carboxylic acids is 1. The molecule has 1 aromatic heterocycles. The molecule has 0 unspecified atom stereocenters. The molecule has 3 aromatic rings. The Morgan fingerprint density at radius 1 is 1.03 bits per heavy atom. The second-order valence-electron chi connectivity index (χ2n) is 7.33. The third-order valence-corrected chi connectivity index (χ3v) is 5.34. The Morgan fingerprint density at radius 2 is 1.79 bits per heavy atom. The highest BCUT2D eigenvalue weighted by atomic mass is 16.4. The SMILES string of the molecule is C=CCc1cccc2cc(C(=O)N3CCN(Cc4ccccc4)CC3)c(=O)oc12. The first-order chi connectivity index (χ1) is 14.2. The number of hydrogen-bond donors (Lipinski definition) is 0. The van der Waals surface area contributed by atoms with Crippen molar-refractivity contribution in [3.05, 3.63) is 94.4 Å². The van der Waals surface area contributed by atoms with Crippen LogP contribution in [0.3, 0.4) is 0 Å². The lowest BCUT2D eigenvalue weighted by molar-refractivity contribution is 0.0624. The predicted octanol–water partition coefficient (Wildman–Crippen LogP) is 3.48. The molecule has 0 saturated carbocycles. The van der Waals surface area contributed by atoms with Gasteiger partial charge in [-0.25, -0.2) is 4.79 Å². The summed E-state index contributed by atoms with van der Waals surface area (Å²) in [5.74, 6) is -0.255. The van der Waals surface area contributed by atoms with E-state index < -0.39 is 5.63 Å². The van der Waals surface area contributed by atoms with Gasteiger partial charge in [0, 0.05) is 38.1 Å². The third kappa shape index (κ3) is 4.15. The molecule has 0 N–H and O–H groups in total. The fourth-order valence-electron chi connectivity index (χ4n) is 3.79. The van der Waals surface area contributed by atoms with Crippen LogP contribution in [0.25, 0.3) is 11.0 Å². The molecule has 1 aliphatic rings. The van der Waals surface area contributed by atoms with E-state index in [1.807, 2.05) is 36.4 Å². The maximum atomic E-state index is 13.0. The second kappa shape index (κ2) is 8.45. The fourth-order valence-corrected chi connectivity index (χ4v) is 3.79. The molecule has 5 nitrogen and oxygen atoms in total. The lowest BCUT2D eigenvalue weighted by Gasteiger charge is -2.34. The maximum Gasteiger partial charge on any atom is 0.349 e. The Balaban J connectivity index is 1.49. The van der Waals surface area contributed by atoms with Crippen LogP contribution in [0.15, 0.2) is 76.5 Å². The smallest absolute Gasteiger partial charge is 0.349 e. The van der Waals surface area contributed by atoms with Gasteiger partial charge in [-0.2, -0.15) is 0 Å². The Morgan fingerprint density at radius 3 is 2.52 bits per heavy atom. The molecule has 1 fully saturated rings. The van der Waals surface area contributed by atoms with Crippen molar-refractivity contribution in [1.29, 1.82) is 0 Å². The van der Waals surface area contributed by atoms with Crippen LogP contribution in [0.2, 0.25) is 0 Å². The Bertz CT molecular complexity index is 1080. The van der Waals surface area contributed by atoms with Crippen LogP contribution in [0.5, 0.6) is 0 Å². The summed E-state index contributed by atoms with van der Waals surface area (Å²) in [5.41, 5.74) is 2.21. The molecule has 2 aromatic carbocycles. The number of hydrogen-bond acceptors (Lipinski definition) is 4. The number of allylic oxidation sites excluding steroid dienone is 1. The van der Waals surface area contributed by atoms with Crippen LogP contribution in [0.1, 0.15) is 21.5 Å². The van der Waals surface area contributed by atoms with Crippen LogP contribution in [-0.2, 0) is 13.0 Å². The topological polar surface area (TPSA) is 53.8 Å². The van der Waals surface area contributed by atoms with E-state index in [0.717, 1.165) is 30.6 Å². The molecular formula is C24H24N2O3. The molecule has 148 valence electrons. The number of para-hydroxylation sites is 1. The third-order valence-electron chi connectivity index (χ3n) is 5.34. The van der Waals surface area contributed by atoms with Crippen LogP contribution in [-0.4, -0.2) is 41.9 Å². The molecule has 1 saturated heterocycles. The van der Waals surface area contributed by atoms with E-state index in [4.69, 9.17) is 4.42 Å². The minimum atomic E-state index is -0.578. The average molecular weight is 388 g/mol. The Labute approximate surface area is 169 Å². The zero-order valence-corrected chi connectivity index (χ0v) is 16.3. The quantitative estimate of drug-likeness (QED) is 0.496. The summed E-state index contributed by atoms with van der Waals surface area (Å²) in [4.78, 5) is 29.6. The van der Waals surface area contributed by atoms with E-state index in [2.05, 4.69) is 23.6 Å². The Hall–Kier alpha value is -3.18. The first-order valence-electron chi connectivity index (χ1n) is 9.88. The normalized spacial score (nSPS) is 14.8. The maximum absolute atomic E-state index is 13.0. The van der Waals surface area contributed by atoms with Crippen LogP contribution >= 0.6 is 0 Å². The van der Waals surface area contributed by atoms with Crippen molar-refractivity contribution >= 4 is 16.9 Å². The summed E-state index contributed by atoms with van der Waals surface area (Å²) in [6.45, 7) is 7.36. The highest BCUT2D eigenvalue weighted by molar-refractivity contribution is 5.97. The Kier molecular flexibility index (Phi) is 5.58. The number of fused-ring (bicyclic) bond motifs is 1. The van der Waals surface area contributed by atoms with Gasteiger partial charge in [-0.1, -0.05) is 54.6 Å². The van der Waals surface area contributed by atoms with E-state index in [0.29, 0.717) is 25.1 Å². The van der Waals surface area contributed by atoms with Crippen molar-refractivity contribution in [2.24, 2.45) is 0 Å².